The van der Waals surface area contributed by atoms with Crippen molar-refractivity contribution in [2.75, 3.05) is 0 Å². The van der Waals surface area contributed by atoms with Crippen molar-refractivity contribution in [1.82, 2.24) is 4.57 Å². The van der Waals surface area contributed by atoms with Crippen molar-refractivity contribution < 1.29 is 9.90 Å². The first-order valence-electron chi connectivity index (χ1n) is 5.36. The Balaban J connectivity index is 3.03. The number of aromatic nitrogens is 1. The quantitative estimate of drug-likeness (QED) is 0.847. The zero-order valence-electron chi connectivity index (χ0n) is 9.71. The van der Waals surface area contributed by atoms with Gasteiger partial charge in [-0.1, -0.05) is 12.1 Å². The Kier molecular flexibility index (Phi) is 2.97. The maximum absolute atomic E-state index is 12.0. The normalized spacial score (nSPS) is 10.5. The van der Waals surface area contributed by atoms with Gasteiger partial charge in [0.2, 0.25) is 0 Å². The number of hydrogen-bond donors (Lipinski definition) is 1. The molecule has 0 bridgehead atoms. The second-order valence-electron chi connectivity index (χ2n) is 3.99. The molecular formula is C13H11NO4. The highest BCUT2D eigenvalue weighted by molar-refractivity contribution is 5.80. The van der Waals surface area contributed by atoms with Gasteiger partial charge in [0.1, 0.15) is 6.54 Å². The Morgan fingerprint density at radius 2 is 1.94 bits per heavy atom. The van der Waals surface area contributed by atoms with Gasteiger partial charge >= 0.3 is 5.97 Å². The third-order valence-electron chi connectivity index (χ3n) is 2.70. The smallest absolute Gasteiger partial charge is 0.323 e. The van der Waals surface area contributed by atoms with Crippen LogP contribution in [-0.2, 0) is 11.3 Å². The summed E-state index contributed by atoms with van der Waals surface area (Å²) in [6.07, 6.45) is 0. The minimum Gasteiger partial charge on any atom is -0.480 e. The predicted octanol–water partition coefficient (Wildman–Crippen LogP) is 0.755. The molecule has 1 N–H and O–H groups in total. The maximum atomic E-state index is 12.0. The second kappa shape index (κ2) is 4.44. The van der Waals surface area contributed by atoms with Crippen LogP contribution in [-0.4, -0.2) is 15.6 Å². The fourth-order valence-corrected chi connectivity index (χ4v) is 1.86. The Bertz CT molecular complexity index is 746. The van der Waals surface area contributed by atoms with E-state index in [1.807, 2.05) is 0 Å². The number of fused-ring (bicyclic) bond motifs is 1. The van der Waals surface area contributed by atoms with Crippen LogP contribution in [0.1, 0.15) is 5.56 Å². The van der Waals surface area contributed by atoms with Gasteiger partial charge in [-0.3, -0.25) is 19.0 Å². The summed E-state index contributed by atoms with van der Waals surface area (Å²) >= 11 is 0. The number of benzene rings is 1. The number of aliphatic carboxylic acids is 1. The highest BCUT2D eigenvalue weighted by atomic mass is 16.4. The van der Waals surface area contributed by atoms with Gasteiger partial charge in [0.05, 0.1) is 5.52 Å². The third-order valence-corrected chi connectivity index (χ3v) is 2.70. The molecular weight excluding hydrogens is 234 g/mol. The molecule has 18 heavy (non-hydrogen) atoms. The van der Waals surface area contributed by atoms with Gasteiger partial charge in [-0.25, -0.2) is 0 Å². The average Bonchev–Trinajstić information content (AvgIpc) is 2.41. The Morgan fingerprint density at radius 3 is 2.61 bits per heavy atom. The highest BCUT2D eigenvalue weighted by Crippen LogP contribution is 2.07. The lowest BCUT2D eigenvalue weighted by Crippen LogP contribution is -2.22. The van der Waals surface area contributed by atoms with Crippen LogP contribution in [0, 0.1) is 6.92 Å². The largest absolute Gasteiger partial charge is 0.480 e. The molecule has 1 aromatic carbocycles. The Hall–Kier alpha value is -2.43. The molecule has 2 aromatic rings. The van der Waals surface area contributed by atoms with E-state index in [1.165, 1.54) is 6.07 Å². The van der Waals surface area contributed by atoms with E-state index in [0.717, 1.165) is 4.57 Å². The zero-order valence-corrected chi connectivity index (χ0v) is 9.71. The first-order valence-corrected chi connectivity index (χ1v) is 5.36. The molecule has 0 unspecified atom stereocenters. The molecule has 1 aromatic heterocycles. The number of nitrogens with zero attached hydrogens (tertiary/aromatic N) is 1. The van der Waals surface area contributed by atoms with E-state index in [1.54, 1.807) is 31.2 Å². The highest BCUT2D eigenvalue weighted by Gasteiger charge is 2.08. The third kappa shape index (κ3) is 2.02. The fourth-order valence-electron chi connectivity index (χ4n) is 1.86. The van der Waals surface area contributed by atoms with E-state index in [0.29, 0.717) is 16.5 Å². The van der Waals surface area contributed by atoms with Gasteiger partial charge in [-0.15, -0.1) is 0 Å². The SMILES string of the molecule is Cc1cc(=O)n(CC(=O)O)c2ccccc2c1=O. The van der Waals surface area contributed by atoms with Crippen molar-refractivity contribution in [3.05, 3.63) is 56.5 Å². The minimum atomic E-state index is -1.13. The van der Waals surface area contributed by atoms with Crippen LogP contribution in [0.2, 0.25) is 0 Å². The van der Waals surface area contributed by atoms with Gasteiger partial charge in [-0.2, -0.15) is 0 Å². The first-order chi connectivity index (χ1) is 8.50. The number of carboxylic acid groups (broad SMARTS) is 1. The van der Waals surface area contributed by atoms with E-state index in [2.05, 4.69) is 0 Å². The molecule has 0 atom stereocenters. The molecule has 5 heteroatoms. The van der Waals surface area contributed by atoms with E-state index in [4.69, 9.17) is 5.11 Å². The number of para-hydroxylation sites is 1. The van der Waals surface area contributed by atoms with Crippen LogP contribution in [0.5, 0.6) is 0 Å². The second-order valence-corrected chi connectivity index (χ2v) is 3.99. The van der Waals surface area contributed by atoms with E-state index >= 15 is 0 Å². The standard InChI is InChI=1S/C13H11NO4/c1-8-6-11(15)14(7-12(16)17)10-5-3-2-4-9(10)13(8)18/h2-6H,7H2,1H3,(H,16,17). The summed E-state index contributed by atoms with van der Waals surface area (Å²) in [5.41, 5.74) is -0.108. The Labute approximate surface area is 102 Å². The van der Waals surface area contributed by atoms with Crippen LogP contribution in [0.25, 0.3) is 10.9 Å². The van der Waals surface area contributed by atoms with Gasteiger partial charge in [0.25, 0.3) is 5.56 Å². The maximum Gasteiger partial charge on any atom is 0.323 e. The summed E-state index contributed by atoms with van der Waals surface area (Å²) in [5, 5.41) is 9.18. The zero-order chi connectivity index (χ0) is 13.3. The number of hydrogen-bond acceptors (Lipinski definition) is 3. The van der Waals surface area contributed by atoms with Gasteiger partial charge in [0.15, 0.2) is 5.43 Å². The molecule has 0 amide bonds. The van der Waals surface area contributed by atoms with Gasteiger partial charge < -0.3 is 5.11 Å². The minimum absolute atomic E-state index is 0.258. The van der Waals surface area contributed by atoms with Crippen LogP contribution < -0.4 is 11.0 Å². The molecule has 1 heterocycles. The lowest BCUT2D eigenvalue weighted by Gasteiger charge is -2.02. The first kappa shape index (κ1) is 12.0. The molecule has 2 rings (SSSR count). The van der Waals surface area contributed by atoms with Gasteiger partial charge in [0, 0.05) is 17.0 Å². The van der Waals surface area contributed by atoms with Crippen LogP contribution in [0.4, 0.5) is 0 Å². The van der Waals surface area contributed by atoms with Crippen molar-refractivity contribution in [3.8, 4) is 0 Å². The summed E-state index contributed by atoms with van der Waals surface area (Å²) in [4.78, 5) is 34.7. The predicted molar refractivity (Wildman–Crippen MR) is 66.9 cm³/mol. The van der Waals surface area contributed by atoms with Crippen molar-refractivity contribution in [3.63, 3.8) is 0 Å². The lowest BCUT2D eigenvalue weighted by molar-refractivity contribution is -0.137. The van der Waals surface area contributed by atoms with Gasteiger partial charge in [-0.05, 0) is 19.1 Å². The van der Waals surface area contributed by atoms with Crippen LogP contribution >= 0.6 is 0 Å². The van der Waals surface area contributed by atoms with Crippen LogP contribution in [0.3, 0.4) is 0 Å². The summed E-state index contributed by atoms with van der Waals surface area (Å²) < 4.78 is 1.09. The lowest BCUT2D eigenvalue weighted by atomic mass is 10.2. The monoisotopic (exact) mass is 245 g/mol. The molecule has 0 aliphatic heterocycles. The Morgan fingerprint density at radius 1 is 1.28 bits per heavy atom. The van der Waals surface area contributed by atoms with E-state index in [9.17, 15) is 14.4 Å². The van der Waals surface area contributed by atoms with Crippen LogP contribution in [0.15, 0.2) is 39.9 Å². The molecule has 5 nitrogen and oxygen atoms in total. The molecule has 92 valence electrons. The number of aryl methyl sites for hydroxylation is 1. The van der Waals surface area contributed by atoms with E-state index < -0.39 is 18.1 Å². The molecule has 0 fully saturated rings. The summed E-state index contributed by atoms with van der Waals surface area (Å²) in [7, 11) is 0. The molecule has 0 spiro atoms. The van der Waals surface area contributed by atoms with Crippen molar-refractivity contribution in [2.45, 2.75) is 13.5 Å². The van der Waals surface area contributed by atoms with Crippen molar-refractivity contribution >= 4 is 16.9 Å². The average molecular weight is 245 g/mol. The number of rotatable bonds is 2. The molecule has 0 saturated heterocycles. The molecule has 0 aliphatic rings. The number of carbonyl (C=O) groups is 1. The van der Waals surface area contributed by atoms with Crippen molar-refractivity contribution in [1.29, 1.82) is 0 Å². The topological polar surface area (TPSA) is 76.4 Å². The summed E-state index contributed by atoms with van der Waals surface area (Å²) in [6.45, 7) is 1.08. The molecule has 0 radical (unpaired) electrons. The molecule has 0 saturated carbocycles. The molecule has 0 aliphatic carbocycles. The number of carboxylic acids is 1. The summed E-state index contributed by atoms with van der Waals surface area (Å²) in [5.74, 6) is -1.13. The fraction of sp³-hybridized carbons (Fsp3) is 0.154. The summed E-state index contributed by atoms with van der Waals surface area (Å²) in [6, 6.07) is 7.67. The van der Waals surface area contributed by atoms with E-state index in [-0.39, 0.29) is 5.43 Å². The van der Waals surface area contributed by atoms with Crippen molar-refractivity contribution in [2.24, 2.45) is 0 Å².